The Bertz CT molecular complexity index is 523. The van der Waals surface area contributed by atoms with Crippen molar-refractivity contribution in [1.82, 2.24) is 5.32 Å². The van der Waals surface area contributed by atoms with E-state index in [1.165, 1.54) is 16.3 Å². The zero-order valence-electron chi connectivity index (χ0n) is 11.8. The molecule has 0 fully saturated rings. The average molecular weight is 241 g/mol. The lowest BCUT2D eigenvalue weighted by Crippen LogP contribution is -2.31. The monoisotopic (exact) mass is 241 g/mol. The maximum Gasteiger partial charge on any atom is 0.0375 e. The zero-order valence-corrected chi connectivity index (χ0v) is 11.8. The highest BCUT2D eigenvalue weighted by Gasteiger charge is 2.28. The molecule has 0 saturated heterocycles. The van der Waals surface area contributed by atoms with E-state index in [1.807, 2.05) is 0 Å². The van der Waals surface area contributed by atoms with E-state index in [9.17, 15) is 0 Å². The van der Waals surface area contributed by atoms with Crippen molar-refractivity contribution >= 4 is 10.8 Å². The van der Waals surface area contributed by atoms with E-state index >= 15 is 0 Å². The Morgan fingerprint density at radius 3 is 2.39 bits per heavy atom. The van der Waals surface area contributed by atoms with E-state index < -0.39 is 0 Å². The summed E-state index contributed by atoms with van der Waals surface area (Å²) in [6.07, 6.45) is 1.15. The largest absolute Gasteiger partial charge is 0.313 e. The third-order valence-electron chi connectivity index (χ3n) is 4.12. The zero-order chi connectivity index (χ0) is 13.2. The summed E-state index contributed by atoms with van der Waals surface area (Å²) in [5.41, 5.74) is 1.65. The Hall–Kier alpha value is -1.34. The van der Waals surface area contributed by atoms with Crippen molar-refractivity contribution in [3.05, 3.63) is 48.0 Å². The molecule has 0 amide bonds. The Morgan fingerprint density at radius 2 is 1.72 bits per heavy atom. The average Bonchev–Trinajstić information content (AvgIpc) is 2.39. The van der Waals surface area contributed by atoms with E-state index in [-0.39, 0.29) is 5.41 Å². The summed E-state index contributed by atoms with van der Waals surface area (Å²) in [5.74, 6) is 0. The quantitative estimate of drug-likeness (QED) is 0.829. The van der Waals surface area contributed by atoms with E-state index in [4.69, 9.17) is 0 Å². The van der Waals surface area contributed by atoms with E-state index in [1.54, 1.807) is 0 Å². The smallest absolute Gasteiger partial charge is 0.0375 e. The molecule has 1 atom stereocenters. The molecule has 0 aliphatic heterocycles. The van der Waals surface area contributed by atoms with Crippen molar-refractivity contribution in [3.63, 3.8) is 0 Å². The van der Waals surface area contributed by atoms with Gasteiger partial charge in [0.1, 0.15) is 0 Å². The van der Waals surface area contributed by atoms with Crippen LogP contribution in [0.3, 0.4) is 0 Å². The predicted molar refractivity (Wildman–Crippen MR) is 79.8 cm³/mol. The van der Waals surface area contributed by atoms with Crippen LogP contribution in [0.25, 0.3) is 10.8 Å². The van der Waals surface area contributed by atoms with Gasteiger partial charge in [-0.15, -0.1) is 0 Å². The molecule has 0 saturated carbocycles. The fourth-order valence-electron chi connectivity index (χ4n) is 2.67. The minimum atomic E-state index is 0.249. The number of hydrogen-bond acceptors (Lipinski definition) is 1. The van der Waals surface area contributed by atoms with Crippen molar-refractivity contribution in [2.75, 3.05) is 7.05 Å². The third kappa shape index (κ3) is 2.28. The van der Waals surface area contributed by atoms with Gasteiger partial charge in [0, 0.05) is 6.04 Å². The lowest BCUT2D eigenvalue weighted by atomic mass is 9.77. The maximum atomic E-state index is 3.50. The van der Waals surface area contributed by atoms with E-state index in [0.717, 1.165) is 6.42 Å². The van der Waals surface area contributed by atoms with Gasteiger partial charge in [-0.2, -0.15) is 0 Å². The topological polar surface area (TPSA) is 12.0 Å². The molecule has 0 aliphatic rings. The normalized spacial score (nSPS) is 13.8. The van der Waals surface area contributed by atoms with Crippen LogP contribution in [0.2, 0.25) is 0 Å². The molecule has 2 aromatic rings. The molecule has 96 valence electrons. The number of fused-ring (bicyclic) bond motifs is 1. The minimum Gasteiger partial charge on any atom is -0.313 e. The van der Waals surface area contributed by atoms with Gasteiger partial charge in [-0.25, -0.2) is 0 Å². The first-order valence-corrected chi connectivity index (χ1v) is 6.75. The molecule has 0 radical (unpaired) electrons. The van der Waals surface area contributed by atoms with E-state index in [0.29, 0.717) is 6.04 Å². The summed E-state index contributed by atoms with van der Waals surface area (Å²) in [6.45, 7) is 6.92. The second kappa shape index (κ2) is 5.11. The second-order valence-electron chi connectivity index (χ2n) is 5.63. The van der Waals surface area contributed by atoms with Gasteiger partial charge in [-0.05, 0) is 35.2 Å². The Balaban J connectivity index is 2.59. The van der Waals surface area contributed by atoms with E-state index in [2.05, 4.69) is 75.6 Å². The van der Waals surface area contributed by atoms with Gasteiger partial charge in [0.05, 0.1) is 0 Å². The Morgan fingerprint density at radius 1 is 1.06 bits per heavy atom. The number of nitrogens with one attached hydrogen (secondary N) is 1. The van der Waals surface area contributed by atoms with Crippen LogP contribution in [0.5, 0.6) is 0 Å². The summed E-state index contributed by atoms with van der Waals surface area (Å²) in [4.78, 5) is 0. The molecule has 0 heterocycles. The van der Waals surface area contributed by atoms with Crippen molar-refractivity contribution < 1.29 is 0 Å². The summed E-state index contributed by atoms with van der Waals surface area (Å²) >= 11 is 0. The van der Waals surface area contributed by atoms with Crippen molar-refractivity contribution in [1.29, 1.82) is 0 Å². The fourth-order valence-corrected chi connectivity index (χ4v) is 2.67. The lowest BCUT2D eigenvalue weighted by molar-refractivity contribution is 0.247. The molecular formula is C17H23N. The van der Waals surface area contributed by atoms with Crippen LogP contribution in [0, 0.1) is 5.41 Å². The Kier molecular flexibility index (Phi) is 3.72. The second-order valence-corrected chi connectivity index (χ2v) is 5.63. The van der Waals surface area contributed by atoms with Crippen LogP contribution in [0.1, 0.15) is 38.8 Å². The van der Waals surface area contributed by atoms with Crippen molar-refractivity contribution in [2.24, 2.45) is 5.41 Å². The SMILES string of the molecule is CCC(C)(C)C(NC)c1cccc2ccccc12. The number of rotatable bonds is 4. The molecule has 0 bridgehead atoms. The molecule has 0 aliphatic carbocycles. The molecule has 1 N–H and O–H groups in total. The van der Waals surface area contributed by atoms with Crippen LogP contribution in [-0.4, -0.2) is 7.05 Å². The first kappa shape index (κ1) is 13.1. The molecule has 2 rings (SSSR count). The van der Waals surface area contributed by atoms with Crippen LogP contribution >= 0.6 is 0 Å². The summed E-state index contributed by atoms with van der Waals surface area (Å²) in [5, 5.41) is 6.19. The van der Waals surface area contributed by atoms with Crippen molar-refractivity contribution in [2.45, 2.75) is 33.2 Å². The van der Waals surface area contributed by atoms with Crippen LogP contribution in [-0.2, 0) is 0 Å². The van der Waals surface area contributed by atoms with Crippen LogP contribution in [0.4, 0.5) is 0 Å². The summed E-state index contributed by atoms with van der Waals surface area (Å²) in [6, 6.07) is 15.6. The standard InChI is InChI=1S/C17H23N/c1-5-17(2,3)16(18-4)15-12-8-10-13-9-6-7-11-14(13)15/h6-12,16,18H,5H2,1-4H3. The van der Waals surface area contributed by atoms with Crippen molar-refractivity contribution in [3.8, 4) is 0 Å². The molecule has 0 spiro atoms. The molecule has 1 heteroatoms. The highest BCUT2D eigenvalue weighted by molar-refractivity contribution is 5.86. The minimum absolute atomic E-state index is 0.249. The maximum absolute atomic E-state index is 3.50. The fraction of sp³-hybridized carbons (Fsp3) is 0.412. The first-order chi connectivity index (χ1) is 8.60. The molecule has 1 unspecified atom stereocenters. The third-order valence-corrected chi connectivity index (χ3v) is 4.12. The number of benzene rings is 2. The van der Waals surface area contributed by atoms with Crippen LogP contribution in [0.15, 0.2) is 42.5 Å². The summed E-state index contributed by atoms with van der Waals surface area (Å²) < 4.78 is 0. The molecule has 18 heavy (non-hydrogen) atoms. The van der Waals surface area contributed by atoms with Gasteiger partial charge in [-0.3, -0.25) is 0 Å². The lowest BCUT2D eigenvalue weighted by Gasteiger charge is -2.34. The van der Waals surface area contributed by atoms with Gasteiger partial charge >= 0.3 is 0 Å². The van der Waals surface area contributed by atoms with Gasteiger partial charge in [0.15, 0.2) is 0 Å². The molecule has 2 aromatic carbocycles. The highest BCUT2D eigenvalue weighted by Crippen LogP contribution is 2.38. The van der Waals surface area contributed by atoms with Gasteiger partial charge < -0.3 is 5.32 Å². The molecule has 0 aromatic heterocycles. The number of hydrogen-bond donors (Lipinski definition) is 1. The van der Waals surface area contributed by atoms with Gasteiger partial charge in [0.25, 0.3) is 0 Å². The molecule has 1 nitrogen and oxygen atoms in total. The predicted octanol–water partition coefficient (Wildman–Crippen LogP) is 4.54. The summed E-state index contributed by atoms with van der Waals surface area (Å²) in [7, 11) is 2.06. The molecular weight excluding hydrogens is 218 g/mol. The van der Waals surface area contributed by atoms with Gasteiger partial charge in [0.2, 0.25) is 0 Å². The highest BCUT2D eigenvalue weighted by atomic mass is 14.9. The first-order valence-electron chi connectivity index (χ1n) is 6.75. The van der Waals surface area contributed by atoms with Gasteiger partial charge in [-0.1, -0.05) is 63.2 Å². The van der Waals surface area contributed by atoms with Crippen LogP contribution < -0.4 is 5.32 Å². The Labute approximate surface area is 110 Å².